The van der Waals surface area contributed by atoms with Crippen molar-refractivity contribution in [1.82, 2.24) is 15.5 Å². The van der Waals surface area contributed by atoms with Gasteiger partial charge in [-0.3, -0.25) is 10.1 Å². The minimum Gasteiger partial charge on any atom is -0.444 e. The SMILES string of the molecule is CC(C)(C)OC(=O)N1CC(NC2CCCCNC2=O)C1. The first-order chi connectivity index (χ1) is 9.35. The Bertz CT molecular complexity index is 372. The monoisotopic (exact) mass is 283 g/mol. The van der Waals surface area contributed by atoms with Gasteiger partial charge in [-0.2, -0.15) is 0 Å². The van der Waals surface area contributed by atoms with Gasteiger partial charge in [0.2, 0.25) is 5.91 Å². The number of amides is 2. The smallest absolute Gasteiger partial charge is 0.410 e. The van der Waals surface area contributed by atoms with Gasteiger partial charge in [0.05, 0.1) is 6.04 Å². The predicted molar refractivity (Wildman–Crippen MR) is 75.4 cm³/mol. The van der Waals surface area contributed by atoms with Gasteiger partial charge < -0.3 is 15.0 Å². The molecule has 0 radical (unpaired) electrons. The first-order valence-electron chi connectivity index (χ1n) is 7.37. The Balaban J connectivity index is 1.73. The topological polar surface area (TPSA) is 70.7 Å². The highest BCUT2D eigenvalue weighted by atomic mass is 16.6. The molecule has 2 rings (SSSR count). The number of hydrogen-bond donors (Lipinski definition) is 2. The van der Waals surface area contributed by atoms with Crippen LogP contribution in [-0.2, 0) is 9.53 Å². The van der Waals surface area contributed by atoms with Gasteiger partial charge in [0, 0.05) is 25.7 Å². The first kappa shape index (κ1) is 15.1. The molecular weight excluding hydrogens is 258 g/mol. The molecule has 2 aliphatic rings. The number of nitrogens with zero attached hydrogens (tertiary/aromatic N) is 1. The third-order valence-corrected chi connectivity index (χ3v) is 3.51. The molecule has 2 amide bonds. The molecule has 1 atom stereocenters. The van der Waals surface area contributed by atoms with Gasteiger partial charge in [-0.25, -0.2) is 4.79 Å². The van der Waals surface area contributed by atoms with Crippen LogP contribution in [0.2, 0.25) is 0 Å². The van der Waals surface area contributed by atoms with E-state index in [4.69, 9.17) is 4.74 Å². The van der Waals surface area contributed by atoms with Gasteiger partial charge in [-0.05, 0) is 40.0 Å². The second kappa shape index (κ2) is 5.99. The zero-order valence-corrected chi connectivity index (χ0v) is 12.6. The van der Waals surface area contributed by atoms with E-state index in [1.165, 1.54) is 0 Å². The van der Waals surface area contributed by atoms with Crippen LogP contribution in [0.15, 0.2) is 0 Å². The Morgan fingerprint density at radius 3 is 2.70 bits per heavy atom. The number of ether oxygens (including phenoxy) is 1. The molecule has 2 heterocycles. The molecule has 6 nitrogen and oxygen atoms in total. The number of hydrogen-bond acceptors (Lipinski definition) is 4. The molecule has 20 heavy (non-hydrogen) atoms. The largest absolute Gasteiger partial charge is 0.444 e. The molecule has 114 valence electrons. The fourth-order valence-electron chi connectivity index (χ4n) is 2.44. The summed E-state index contributed by atoms with van der Waals surface area (Å²) in [4.78, 5) is 25.3. The van der Waals surface area contributed by atoms with Crippen LogP contribution in [0.5, 0.6) is 0 Å². The maximum absolute atomic E-state index is 11.8. The summed E-state index contributed by atoms with van der Waals surface area (Å²) in [6.07, 6.45) is 2.69. The lowest BCUT2D eigenvalue weighted by Gasteiger charge is -2.41. The van der Waals surface area contributed by atoms with E-state index in [1.807, 2.05) is 20.8 Å². The van der Waals surface area contributed by atoms with E-state index >= 15 is 0 Å². The molecule has 1 unspecified atom stereocenters. The van der Waals surface area contributed by atoms with E-state index in [0.29, 0.717) is 13.1 Å². The lowest BCUT2D eigenvalue weighted by atomic mass is 10.1. The summed E-state index contributed by atoms with van der Waals surface area (Å²) in [6.45, 7) is 7.56. The minimum absolute atomic E-state index is 0.0817. The quantitative estimate of drug-likeness (QED) is 0.788. The van der Waals surface area contributed by atoms with Crippen molar-refractivity contribution in [3.8, 4) is 0 Å². The van der Waals surface area contributed by atoms with E-state index < -0.39 is 5.60 Å². The highest BCUT2D eigenvalue weighted by Gasteiger charge is 2.35. The second-order valence-electron chi connectivity index (χ2n) is 6.59. The van der Waals surface area contributed by atoms with Crippen molar-refractivity contribution in [2.75, 3.05) is 19.6 Å². The van der Waals surface area contributed by atoms with E-state index in [1.54, 1.807) is 4.90 Å². The van der Waals surface area contributed by atoms with Gasteiger partial charge in [0.1, 0.15) is 5.60 Å². The molecule has 2 saturated heterocycles. The Labute approximate surface area is 120 Å². The molecule has 0 bridgehead atoms. The van der Waals surface area contributed by atoms with Crippen molar-refractivity contribution < 1.29 is 14.3 Å². The second-order valence-corrected chi connectivity index (χ2v) is 6.59. The van der Waals surface area contributed by atoms with Crippen LogP contribution in [-0.4, -0.2) is 54.2 Å². The summed E-state index contributed by atoms with van der Waals surface area (Å²) >= 11 is 0. The molecule has 0 aromatic carbocycles. The number of carbonyl (C=O) groups excluding carboxylic acids is 2. The lowest BCUT2D eigenvalue weighted by Crippen LogP contribution is -2.63. The molecule has 6 heteroatoms. The Kier molecular flexibility index (Phi) is 4.52. The molecular formula is C14H25N3O3. The van der Waals surface area contributed by atoms with Gasteiger partial charge in [0.15, 0.2) is 0 Å². The normalized spacial score (nSPS) is 24.6. The van der Waals surface area contributed by atoms with Crippen molar-refractivity contribution in [2.24, 2.45) is 0 Å². The average Bonchev–Trinajstić information content (AvgIpc) is 2.45. The van der Waals surface area contributed by atoms with E-state index in [2.05, 4.69) is 10.6 Å². The number of rotatable bonds is 2. The fourth-order valence-corrected chi connectivity index (χ4v) is 2.44. The summed E-state index contributed by atoms with van der Waals surface area (Å²) < 4.78 is 5.30. The number of carbonyl (C=O) groups is 2. The molecule has 0 saturated carbocycles. The van der Waals surface area contributed by atoms with Gasteiger partial charge in [-0.15, -0.1) is 0 Å². The molecule has 0 aliphatic carbocycles. The maximum Gasteiger partial charge on any atom is 0.410 e. The maximum atomic E-state index is 11.8. The van der Waals surface area contributed by atoms with Crippen LogP contribution in [0.4, 0.5) is 4.79 Å². The fraction of sp³-hybridized carbons (Fsp3) is 0.857. The van der Waals surface area contributed by atoms with Crippen LogP contribution >= 0.6 is 0 Å². The van der Waals surface area contributed by atoms with E-state index in [-0.39, 0.29) is 24.1 Å². The zero-order chi connectivity index (χ0) is 14.8. The van der Waals surface area contributed by atoms with Gasteiger partial charge >= 0.3 is 6.09 Å². The molecule has 0 aromatic rings. The summed E-state index contributed by atoms with van der Waals surface area (Å²) in [5, 5.41) is 6.24. The Morgan fingerprint density at radius 1 is 1.35 bits per heavy atom. The van der Waals surface area contributed by atoms with Crippen molar-refractivity contribution >= 4 is 12.0 Å². The van der Waals surface area contributed by atoms with Gasteiger partial charge in [-0.1, -0.05) is 0 Å². The van der Waals surface area contributed by atoms with Crippen LogP contribution in [0.25, 0.3) is 0 Å². The Hall–Kier alpha value is -1.30. The summed E-state index contributed by atoms with van der Waals surface area (Å²) in [7, 11) is 0. The predicted octanol–water partition coefficient (Wildman–Crippen LogP) is 0.864. The third-order valence-electron chi connectivity index (χ3n) is 3.51. The third kappa shape index (κ3) is 4.10. The van der Waals surface area contributed by atoms with Crippen LogP contribution in [0.1, 0.15) is 40.0 Å². The molecule has 2 fully saturated rings. The van der Waals surface area contributed by atoms with Crippen LogP contribution < -0.4 is 10.6 Å². The summed E-state index contributed by atoms with van der Waals surface area (Å²) in [5.41, 5.74) is -0.462. The summed E-state index contributed by atoms with van der Waals surface area (Å²) in [6, 6.07) is 0.0691. The molecule has 0 spiro atoms. The molecule has 2 N–H and O–H groups in total. The lowest BCUT2D eigenvalue weighted by molar-refractivity contribution is -0.123. The first-order valence-corrected chi connectivity index (χ1v) is 7.37. The molecule has 2 aliphatic heterocycles. The van der Waals surface area contributed by atoms with Crippen molar-refractivity contribution in [3.63, 3.8) is 0 Å². The standard InChI is InChI=1S/C14H25N3O3/c1-14(2,3)20-13(19)17-8-10(9-17)16-11-6-4-5-7-15-12(11)18/h10-11,16H,4-9H2,1-3H3,(H,15,18). The minimum atomic E-state index is -0.462. The van der Waals surface area contributed by atoms with Crippen molar-refractivity contribution in [2.45, 2.75) is 57.7 Å². The van der Waals surface area contributed by atoms with Crippen molar-refractivity contribution in [1.29, 1.82) is 0 Å². The van der Waals surface area contributed by atoms with Crippen LogP contribution in [0.3, 0.4) is 0 Å². The molecule has 0 aromatic heterocycles. The van der Waals surface area contributed by atoms with Crippen molar-refractivity contribution in [3.05, 3.63) is 0 Å². The average molecular weight is 283 g/mol. The highest BCUT2D eigenvalue weighted by molar-refractivity contribution is 5.82. The van der Waals surface area contributed by atoms with Crippen LogP contribution in [0, 0.1) is 0 Å². The summed E-state index contributed by atoms with van der Waals surface area (Å²) in [5.74, 6) is 0.0817. The Morgan fingerprint density at radius 2 is 2.05 bits per heavy atom. The highest BCUT2D eigenvalue weighted by Crippen LogP contribution is 2.16. The van der Waals surface area contributed by atoms with Gasteiger partial charge in [0.25, 0.3) is 0 Å². The zero-order valence-electron chi connectivity index (χ0n) is 12.6. The van der Waals surface area contributed by atoms with E-state index in [0.717, 1.165) is 25.8 Å². The van der Waals surface area contributed by atoms with E-state index in [9.17, 15) is 9.59 Å². The number of nitrogens with one attached hydrogen (secondary N) is 2. The number of likely N-dealkylation sites (tertiary alicyclic amines) is 1.